The number of fused-ring (bicyclic) bond motifs is 1. The van der Waals surface area contributed by atoms with E-state index in [4.69, 9.17) is 4.74 Å². The van der Waals surface area contributed by atoms with E-state index in [0.29, 0.717) is 0 Å². The standard InChI is InChI=1S/C19H25NO/c1-2-3-12-21-19-11-10-16-6-4-5-7-17(16)18(19)14-20-13-15-8-9-15/h4-7,10-11,15,20H,2-3,8-9,12-14H2,1H3. The normalized spacial score (nSPS) is 14.5. The summed E-state index contributed by atoms with van der Waals surface area (Å²) in [6.07, 6.45) is 5.06. The second-order valence-corrected chi connectivity index (χ2v) is 6.04. The summed E-state index contributed by atoms with van der Waals surface area (Å²) in [5, 5.41) is 6.22. The number of unbranched alkanes of at least 4 members (excludes halogenated alkanes) is 1. The predicted molar refractivity (Wildman–Crippen MR) is 88.8 cm³/mol. The summed E-state index contributed by atoms with van der Waals surface area (Å²) in [4.78, 5) is 0. The molecule has 2 nitrogen and oxygen atoms in total. The maximum atomic E-state index is 6.02. The minimum atomic E-state index is 0.810. The van der Waals surface area contributed by atoms with Crippen molar-refractivity contribution in [2.24, 2.45) is 5.92 Å². The molecule has 1 aliphatic carbocycles. The van der Waals surface area contributed by atoms with E-state index in [2.05, 4.69) is 48.6 Å². The molecule has 2 aromatic carbocycles. The van der Waals surface area contributed by atoms with E-state index < -0.39 is 0 Å². The van der Waals surface area contributed by atoms with E-state index in [1.54, 1.807) is 0 Å². The van der Waals surface area contributed by atoms with Crippen LogP contribution in [0.5, 0.6) is 5.75 Å². The lowest BCUT2D eigenvalue weighted by molar-refractivity contribution is 0.306. The number of rotatable bonds is 8. The smallest absolute Gasteiger partial charge is 0.124 e. The second kappa shape index (κ2) is 6.95. The highest BCUT2D eigenvalue weighted by Gasteiger charge is 2.20. The van der Waals surface area contributed by atoms with Gasteiger partial charge in [-0.1, -0.05) is 43.7 Å². The summed E-state index contributed by atoms with van der Waals surface area (Å²) in [5.74, 6) is 1.95. The van der Waals surface area contributed by atoms with Crippen LogP contribution in [-0.2, 0) is 6.54 Å². The molecule has 0 atom stereocenters. The Morgan fingerprint density at radius 3 is 2.81 bits per heavy atom. The van der Waals surface area contributed by atoms with E-state index in [1.165, 1.54) is 35.6 Å². The van der Waals surface area contributed by atoms with Gasteiger partial charge < -0.3 is 10.1 Å². The van der Waals surface area contributed by atoms with Gasteiger partial charge in [-0.25, -0.2) is 0 Å². The molecule has 0 saturated heterocycles. The Labute approximate surface area is 127 Å². The SMILES string of the molecule is CCCCOc1ccc2ccccc2c1CNCC1CC1. The van der Waals surface area contributed by atoms with Crippen molar-refractivity contribution < 1.29 is 4.74 Å². The van der Waals surface area contributed by atoms with E-state index in [0.717, 1.165) is 37.8 Å². The molecular weight excluding hydrogens is 258 g/mol. The van der Waals surface area contributed by atoms with Gasteiger partial charge >= 0.3 is 0 Å². The first-order valence-electron chi connectivity index (χ1n) is 8.22. The van der Waals surface area contributed by atoms with Gasteiger partial charge in [0.05, 0.1) is 6.61 Å². The summed E-state index contributed by atoms with van der Waals surface area (Å²) >= 11 is 0. The first-order chi connectivity index (χ1) is 10.4. The van der Waals surface area contributed by atoms with Crippen molar-refractivity contribution in [1.82, 2.24) is 5.32 Å². The zero-order valence-electron chi connectivity index (χ0n) is 12.9. The van der Waals surface area contributed by atoms with Crippen LogP contribution in [0.15, 0.2) is 36.4 Å². The Hall–Kier alpha value is -1.54. The lowest BCUT2D eigenvalue weighted by Gasteiger charge is -2.15. The van der Waals surface area contributed by atoms with Gasteiger partial charge in [0.2, 0.25) is 0 Å². The maximum Gasteiger partial charge on any atom is 0.124 e. The molecule has 112 valence electrons. The van der Waals surface area contributed by atoms with Gasteiger partial charge in [0.15, 0.2) is 0 Å². The maximum absolute atomic E-state index is 6.02. The molecule has 2 heteroatoms. The first kappa shape index (κ1) is 14.4. The van der Waals surface area contributed by atoms with Crippen LogP contribution in [0.2, 0.25) is 0 Å². The van der Waals surface area contributed by atoms with Crippen molar-refractivity contribution in [2.75, 3.05) is 13.2 Å². The van der Waals surface area contributed by atoms with Crippen molar-refractivity contribution in [3.63, 3.8) is 0 Å². The molecule has 0 aliphatic heterocycles. The fraction of sp³-hybridized carbons (Fsp3) is 0.474. The van der Waals surface area contributed by atoms with Crippen LogP contribution < -0.4 is 10.1 Å². The highest BCUT2D eigenvalue weighted by atomic mass is 16.5. The van der Waals surface area contributed by atoms with Crippen LogP contribution in [0.1, 0.15) is 38.2 Å². The van der Waals surface area contributed by atoms with Crippen LogP contribution in [0.25, 0.3) is 10.8 Å². The average molecular weight is 283 g/mol. The van der Waals surface area contributed by atoms with Crippen molar-refractivity contribution >= 4 is 10.8 Å². The predicted octanol–water partition coefficient (Wildman–Crippen LogP) is 4.52. The minimum Gasteiger partial charge on any atom is -0.493 e. The summed E-state index contributed by atoms with van der Waals surface area (Å²) in [6.45, 7) is 5.04. The van der Waals surface area contributed by atoms with Crippen LogP contribution in [0, 0.1) is 5.92 Å². The van der Waals surface area contributed by atoms with Crippen LogP contribution >= 0.6 is 0 Å². The lowest BCUT2D eigenvalue weighted by atomic mass is 10.0. The van der Waals surface area contributed by atoms with E-state index in [9.17, 15) is 0 Å². The van der Waals surface area contributed by atoms with E-state index in [1.807, 2.05) is 0 Å². The van der Waals surface area contributed by atoms with Crippen molar-refractivity contribution in [3.05, 3.63) is 42.0 Å². The van der Waals surface area contributed by atoms with Crippen LogP contribution in [-0.4, -0.2) is 13.2 Å². The molecule has 3 rings (SSSR count). The third-order valence-corrected chi connectivity index (χ3v) is 4.18. The fourth-order valence-electron chi connectivity index (χ4n) is 2.68. The number of benzene rings is 2. The molecular formula is C19H25NO. The van der Waals surface area contributed by atoms with Crippen molar-refractivity contribution in [2.45, 2.75) is 39.2 Å². The molecule has 0 aromatic heterocycles. The number of nitrogens with one attached hydrogen (secondary N) is 1. The number of hydrogen-bond acceptors (Lipinski definition) is 2. The van der Waals surface area contributed by atoms with E-state index >= 15 is 0 Å². The summed E-state index contributed by atoms with van der Waals surface area (Å²) in [5.41, 5.74) is 1.31. The van der Waals surface area contributed by atoms with E-state index in [-0.39, 0.29) is 0 Å². The molecule has 0 amide bonds. The van der Waals surface area contributed by atoms with Gasteiger partial charge in [-0.3, -0.25) is 0 Å². The Kier molecular flexibility index (Phi) is 4.76. The third-order valence-electron chi connectivity index (χ3n) is 4.18. The van der Waals surface area contributed by atoms with Crippen molar-refractivity contribution in [3.8, 4) is 5.75 Å². The highest BCUT2D eigenvalue weighted by Crippen LogP contribution is 2.30. The molecule has 0 spiro atoms. The van der Waals surface area contributed by atoms with Gasteiger partial charge in [0.1, 0.15) is 5.75 Å². The van der Waals surface area contributed by atoms with Gasteiger partial charge in [0, 0.05) is 12.1 Å². The zero-order chi connectivity index (χ0) is 14.5. The van der Waals surface area contributed by atoms with Crippen LogP contribution in [0.4, 0.5) is 0 Å². The molecule has 0 radical (unpaired) electrons. The molecule has 1 fully saturated rings. The molecule has 1 aliphatic rings. The summed E-state index contributed by atoms with van der Waals surface area (Å²) in [7, 11) is 0. The quantitative estimate of drug-likeness (QED) is 0.719. The molecule has 1 saturated carbocycles. The second-order valence-electron chi connectivity index (χ2n) is 6.04. The van der Waals surface area contributed by atoms with Gasteiger partial charge in [0.25, 0.3) is 0 Å². The molecule has 21 heavy (non-hydrogen) atoms. The van der Waals surface area contributed by atoms with Crippen molar-refractivity contribution in [1.29, 1.82) is 0 Å². The van der Waals surface area contributed by atoms with Gasteiger partial charge in [-0.05, 0) is 48.6 Å². The minimum absolute atomic E-state index is 0.810. The topological polar surface area (TPSA) is 21.3 Å². The zero-order valence-corrected chi connectivity index (χ0v) is 12.9. The monoisotopic (exact) mass is 283 g/mol. The Bertz CT molecular complexity index is 589. The number of hydrogen-bond donors (Lipinski definition) is 1. The summed E-state index contributed by atoms with van der Waals surface area (Å²) in [6, 6.07) is 12.9. The van der Waals surface area contributed by atoms with Gasteiger partial charge in [-0.2, -0.15) is 0 Å². The third kappa shape index (κ3) is 3.76. The van der Waals surface area contributed by atoms with Crippen LogP contribution in [0.3, 0.4) is 0 Å². The Morgan fingerprint density at radius 1 is 1.14 bits per heavy atom. The fourth-order valence-corrected chi connectivity index (χ4v) is 2.68. The molecule has 2 aromatic rings. The average Bonchev–Trinajstić information content (AvgIpc) is 3.33. The van der Waals surface area contributed by atoms with Gasteiger partial charge in [-0.15, -0.1) is 0 Å². The summed E-state index contributed by atoms with van der Waals surface area (Å²) < 4.78 is 6.02. The highest BCUT2D eigenvalue weighted by molar-refractivity contribution is 5.87. The lowest BCUT2D eigenvalue weighted by Crippen LogP contribution is -2.17. The molecule has 1 N–H and O–H groups in total. The Balaban J connectivity index is 1.80. The molecule has 0 heterocycles. The molecule has 0 unspecified atom stereocenters. The largest absolute Gasteiger partial charge is 0.493 e. The Morgan fingerprint density at radius 2 is 2.00 bits per heavy atom. The number of ether oxygens (including phenoxy) is 1. The first-order valence-corrected chi connectivity index (χ1v) is 8.22. The molecule has 0 bridgehead atoms.